The molecule has 0 aromatic heterocycles. The van der Waals surface area contributed by atoms with Gasteiger partial charge in [0, 0.05) is 9.89 Å². The van der Waals surface area contributed by atoms with Gasteiger partial charge in [0.2, 0.25) is 5.91 Å². The fourth-order valence-electron chi connectivity index (χ4n) is 2.25. The maximum atomic E-state index is 12.2. The molecule has 1 fully saturated rings. The summed E-state index contributed by atoms with van der Waals surface area (Å²) in [5.74, 6) is 0.0787. The molecule has 0 heterocycles. The van der Waals surface area contributed by atoms with E-state index < -0.39 is 0 Å². The first kappa shape index (κ1) is 12.9. The maximum absolute atomic E-state index is 12.2. The minimum absolute atomic E-state index is 0.0787. The van der Waals surface area contributed by atoms with Crippen LogP contribution in [0.15, 0.2) is 22.7 Å². The smallest absolute Gasteiger partial charge is 0.230 e. The van der Waals surface area contributed by atoms with Crippen molar-refractivity contribution in [3.8, 4) is 0 Å². The Balaban J connectivity index is 2.15. The predicted molar refractivity (Wildman–Crippen MR) is 74.4 cm³/mol. The standard InChI is InChI=1S/C13H15BrClNO/c1-13(6-2-3-7-13)12(17)16-11-8-9(14)4-5-10(11)15/h4-5,8H,2-3,6-7H2,1H3,(H,16,17). The van der Waals surface area contributed by atoms with Gasteiger partial charge in [-0.15, -0.1) is 0 Å². The summed E-state index contributed by atoms with van der Waals surface area (Å²) in [6.45, 7) is 2.03. The molecule has 1 saturated carbocycles. The van der Waals surface area contributed by atoms with E-state index in [9.17, 15) is 4.79 Å². The zero-order valence-electron chi connectivity index (χ0n) is 9.72. The molecule has 1 aliphatic carbocycles. The van der Waals surface area contributed by atoms with Crippen LogP contribution in [0, 0.1) is 5.41 Å². The van der Waals surface area contributed by atoms with Gasteiger partial charge in [-0.3, -0.25) is 4.79 Å². The molecule has 4 heteroatoms. The average Bonchev–Trinajstić information content (AvgIpc) is 2.72. The van der Waals surface area contributed by atoms with Crippen LogP contribution in [0.1, 0.15) is 32.6 Å². The highest BCUT2D eigenvalue weighted by molar-refractivity contribution is 9.10. The number of hydrogen-bond donors (Lipinski definition) is 1. The molecule has 92 valence electrons. The fraction of sp³-hybridized carbons (Fsp3) is 0.462. The summed E-state index contributed by atoms with van der Waals surface area (Å²) in [6.07, 6.45) is 4.20. The predicted octanol–water partition coefficient (Wildman–Crippen LogP) is 4.62. The largest absolute Gasteiger partial charge is 0.324 e. The van der Waals surface area contributed by atoms with E-state index in [0.29, 0.717) is 10.7 Å². The van der Waals surface area contributed by atoms with Crippen molar-refractivity contribution in [2.24, 2.45) is 5.41 Å². The van der Waals surface area contributed by atoms with Crippen LogP contribution < -0.4 is 5.32 Å². The van der Waals surface area contributed by atoms with E-state index >= 15 is 0 Å². The summed E-state index contributed by atoms with van der Waals surface area (Å²) >= 11 is 9.43. The number of halogens is 2. The van der Waals surface area contributed by atoms with Crippen molar-refractivity contribution in [3.05, 3.63) is 27.7 Å². The molecule has 1 amide bonds. The van der Waals surface area contributed by atoms with Crippen LogP contribution in [-0.4, -0.2) is 5.91 Å². The SMILES string of the molecule is CC1(C(=O)Nc2cc(Br)ccc2Cl)CCCC1. The fourth-order valence-corrected chi connectivity index (χ4v) is 2.77. The Hall–Kier alpha value is -0.540. The lowest BCUT2D eigenvalue weighted by molar-refractivity contribution is -0.124. The first-order chi connectivity index (χ1) is 8.01. The molecule has 0 saturated heterocycles. The van der Waals surface area contributed by atoms with E-state index in [0.717, 1.165) is 30.2 Å². The van der Waals surface area contributed by atoms with E-state index in [1.54, 1.807) is 6.07 Å². The number of rotatable bonds is 2. The molecule has 0 radical (unpaired) electrons. The van der Waals surface area contributed by atoms with Gasteiger partial charge in [-0.2, -0.15) is 0 Å². The van der Waals surface area contributed by atoms with E-state index in [2.05, 4.69) is 21.2 Å². The molecule has 1 N–H and O–H groups in total. The van der Waals surface area contributed by atoms with Gasteiger partial charge in [0.25, 0.3) is 0 Å². The van der Waals surface area contributed by atoms with Crippen molar-refractivity contribution in [2.75, 3.05) is 5.32 Å². The van der Waals surface area contributed by atoms with Gasteiger partial charge in [-0.1, -0.05) is 47.3 Å². The van der Waals surface area contributed by atoms with E-state index in [4.69, 9.17) is 11.6 Å². The van der Waals surface area contributed by atoms with Gasteiger partial charge in [-0.05, 0) is 31.0 Å². The Kier molecular flexibility index (Phi) is 3.79. The molecule has 0 atom stereocenters. The van der Waals surface area contributed by atoms with Gasteiger partial charge in [0.15, 0.2) is 0 Å². The number of amides is 1. The van der Waals surface area contributed by atoms with Crippen LogP contribution in [0.5, 0.6) is 0 Å². The molecule has 2 rings (SSSR count). The van der Waals surface area contributed by atoms with E-state index in [-0.39, 0.29) is 11.3 Å². The van der Waals surface area contributed by atoms with Crippen LogP contribution in [-0.2, 0) is 4.79 Å². The summed E-state index contributed by atoms with van der Waals surface area (Å²) in [4.78, 5) is 12.2. The highest BCUT2D eigenvalue weighted by Crippen LogP contribution is 2.39. The van der Waals surface area contributed by atoms with Crippen molar-refractivity contribution in [3.63, 3.8) is 0 Å². The lowest BCUT2D eigenvalue weighted by atomic mass is 9.88. The first-order valence-electron chi connectivity index (χ1n) is 5.78. The molecule has 1 aromatic carbocycles. The molecule has 0 aliphatic heterocycles. The van der Waals surface area contributed by atoms with Crippen LogP contribution >= 0.6 is 27.5 Å². The summed E-state index contributed by atoms with van der Waals surface area (Å²) < 4.78 is 0.911. The van der Waals surface area contributed by atoms with Gasteiger partial charge in [0.1, 0.15) is 0 Å². The Morgan fingerprint density at radius 3 is 2.71 bits per heavy atom. The molecule has 17 heavy (non-hydrogen) atoms. The van der Waals surface area contributed by atoms with Crippen LogP contribution in [0.2, 0.25) is 5.02 Å². The lowest BCUT2D eigenvalue weighted by Crippen LogP contribution is -2.30. The van der Waals surface area contributed by atoms with Crippen molar-refractivity contribution in [1.82, 2.24) is 0 Å². The summed E-state index contributed by atoms with van der Waals surface area (Å²) in [5, 5.41) is 3.50. The summed E-state index contributed by atoms with van der Waals surface area (Å²) in [7, 11) is 0. The maximum Gasteiger partial charge on any atom is 0.230 e. The Labute approximate surface area is 115 Å². The van der Waals surface area contributed by atoms with Crippen LogP contribution in [0.3, 0.4) is 0 Å². The second kappa shape index (κ2) is 4.99. The zero-order valence-corrected chi connectivity index (χ0v) is 12.1. The van der Waals surface area contributed by atoms with Gasteiger partial charge < -0.3 is 5.32 Å². The van der Waals surface area contributed by atoms with Crippen molar-refractivity contribution in [2.45, 2.75) is 32.6 Å². The lowest BCUT2D eigenvalue weighted by Gasteiger charge is -2.22. The molecule has 1 aromatic rings. The number of carbonyl (C=O) groups is 1. The Bertz CT molecular complexity index is 441. The Morgan fingerprint density at radius 2 is 2.06 bits per heavy atom. The van der Waals surface area contributed by atoms with Crippen molar-refractivity contribution >= 4 is 39.1 Å². The van der Waals surface area contributed by atoms with Crippen LogP contribution in [0.25, 0.3) is 0 Å². The van der Waals surface area contributed by atoms with Crippen LogP contribution in [0.4, 0.5) is 5.69 Å². The minimum Gasteiger partial charge on any atom is -0.324 e. The molecular formula is C13H15BrClNO. The van der Waals surface area contributed by atoms with Gasteiger partial charge in [0.05, 0.1) is 10.7 Å². The molecule has 0 bridgehead atoms. The number of anilines is 1. The number of hydrogen-bond acceptors (Lipinski definition) is 1. The number of benzene rings is 1. The summed E-state index contributed by atoms with van der Waals surface area (Å²) in [5.41, 5.74) is 0.449. The van der Waals surface area contributed by atoms with Gasteiger partial charge >= 0.3 is 0 Å². The third-order valence-corrected chi connectivity index (χ3v) is 4.25. The molecule has 0 unspecified atom stereocenters. The van der Waals surface area contributed by atoms with E-state index in [1.807, 2.05) is 19.1 Å². The topological polar surface area (TPSA) is 29.1 Å². The molecular weight excluding hydrogens is 302 g/mol. The third kappa shape index (κ3) is 2.83. The average molecular weight is 317 g/mol. The number of carbonyl (C=O) groups excluding carboxylic acids is 1. The molecule has 0 spiro atoms. The second-order valence-corrected chi connectivity index (χ2v) is 6.17. The Morgan fingerprint density at radius 1 is 1.41 bits per heavy atom. The normalized spacial score (nSPS) is 18.1. The quantitative estimate of drug-likeness (QED) is 0.847. The number of nitrogens with one attached hydrogen (secondary N) is 1. The van der Waals surface area contributed by atoms with Crippen molar-refractivity contribution in [1.29, 1.82) is 0 Å². The second-order valence-electron chi connectivity index (χ2n) is 4.85. The molecule has 2 nitrogen and oxygen atoms in total. The van der Waals surface area contributed by atoms with Crippen molar-refractivity contribution < 1.29 is 4.79 Å². The third-order valence-electron chi connectivity index (χ3n) is 3.43. The highest BCUT2D eigenvalue weighted by Gasteiger charge is 2.36. The highest BCUT2D eigenvalue weighted by atomic mass is 79.9. The zero-order chi connectivity index (χ0) is 12.5. The molecule has 1 aliphatic rings. The van der Waals surface area contributed by atoms with E-state index in [1.165, 1.54) is 0 Å². The monoisotopic (exact) mass is 315 g/mol. The minimum atomic E-state index is -0.231. The van der Waals surface area contributed by atoms with Gasteiger partial charge in [-0.25, -0.2) is 0 Å². The first-order valence-corrected chi connectivity index (χ1v) is 6.95. The summed E-state index contributed by atoms with van der Waals surface area (Å²) in [6, 6.07) is 5.46.